The zero-order valence-corrected chi connectivity index (χ0v) is 14.5. The molecule has 0 bridgehead atoms. The third-order valence-corrected chi connectivity index (χ3v) is 4.06. The average Bonchev–Trinajstić information content (AvgIpc) is 2.63. The van der Waals surface area contributed by atoms with Gasteiger partial charge in [-0.1, -0.05) is 0 Å². The summed E-state index contributed by atoms with van der Waals surface area (Å²) in [5.74, 6) is 1.55. The smallest absolute Gasteiger partial charge is 0.319 e. The lowest BCUT2D eigenvalue weighted by Crippen LogP contribution is -2.49. The normalized spacial score (nSPS) is 17.0. The predicted molar refractivity (Wildman–Crippen MR) is 98.0 cm³/mol. The molecule has 132 valence electrons. The molecule has 0 saturated carbocycles. The zero-order chi connectivity index (χ0) is 17.6. The van der Waals surface area contributed by atoms with E-state index >= 15 is 0 Å². The van der Waals surface area contributed by atoms with Crippen LogP contribution in [0.5, 0.6) is 0 Å². The number of carbonyl (C=O) groups is 1. The molecule has 3 rings (SSSR count). The van der Waals surface area contributed by atoms with Crippen molar-refractivity contribution in [2.45, 2.75) is 18.9 Å². The number of nitrogens with zero attached hydrogens (tertiary/aromatic N) is 5. The van der Waals surface area contributed by atoms with Crippen molar-refractivity contribution in [3.8, 4) is 0 Å². The molecule has 8 nitrogen and oxygen atoms in total. The SMILES string of the molecule is CN(C)c1ccc(NC(=O)NC2CCCN(c3ncccn3)C2)cn1. The van der Waals surface area contributed by atoms with Crippen LogP contribution in [0.4, 0.5) is 22.2 Å². The van der Waals surface area contributed by atoms with Crippen molar-refractivity contribution in [2.75, 3.05) is 42.3 Å². The van der Waals surface area contributed by atoms with E-state index in [1.807, 2.05) is 31.1 Å². The highest BCUT2D eigenvalue weighted by atomic mass is 16.2. The van der Waals surface area contributed by atoms with Gasteiger partial charge in [0.05, 0.1) is 11.9 Å². The largest absolute Gasteiger partial charge is 0.363 e. The van der Waals surface area contributed by atoms with Crippen molar-refractivity contribution in [3.05, 3.63) is 36.8 Å². The molecule has 2 N–H and O–H groups in total. The number of amides is 2. The van der Waals surface area contributed by atoms with E-state index in [1.54, 1.807) is 24.7 Å². The zero-order valence-electron chi connectivity index (χ0n) is 14.5. The molecular formula is C17H23N7O. The van der Waals surface area contributed by atoms with Crippen LogP contribution in [0.2, 0.25) is 0 Å². The fourth-order valence-electron chi connectivity index (χ4n) is 2.81. The molecule has 8 heteroatoms. The molecule has 2 aromatic heterocycles. The number of hydrogen-bond donors (Lipinski definition) is 2. The summed E-state index contributed by atoms with van der Waals surface area (Å²) in [4.78, 5) is 29.1. The Labute approximate surface area is 147 Å². The Kier molecular flexibility index (Phi) is 5.27. The van der Waals surface area contributed by atoms with Crippen LogP contribution >= 0.6 is 0 Å². The minimum Gasteiger partial charge on any atom is -0.363 e. The molecule has 1 unspecified atom stereocenters. The van der Waals surface area contributed by atoms with E-state index in [9.17, 15) is 4.79 Å². The number of urea groups is 1. The Morgan fingerprint density at radius 2 is 2.04 bits per heavy atom. The summed E-state index contributed by atoms with van der Waals surface area (Å²) in [5, 5.41) is 5.85. The third-order valence-electron chi connectivity index (χ3n) is 4.06. The maximum Gasteiger partial charge on any atom is 0.319 e. The van der Waals surface area contributed by atoms with E-state index < -0.39 is 0 Å². The minimum atomic E-state index is -0.222. The molecule has 2 aromatic rings. The summed E-state index contributed by atoms with van der Waals surface area (Å²) < 4.78 is 0. The molecule has 0 aromatic carbocycles. The third kappa shape index (κ3) is 4.56. The first kappa shape index (κ1) is 16.9. The Morgan fingerprint density at radius 3 is 2.72 bits per heavy atom. The van der Waals surface area contributed by atoms with Crippen LogP contribution in [-0.2, 0) is 0 Å². The van der Waals surface area contributed by atoms with Gasteiger partial charge in [-0.15, -0.1) is 0 Å². The molecule has 1 fully saturated rings. The minimum absolute atomic E-state index is 0.0616. The van der Waals surface area contributed by atoms with Crippen molar-refractivity contribution in [2.24, 2.45) is 0 Å². The summed E-state index contributed by atoms with van der Waals surface area (Å²) in [7, 11) is 3.85. The summed E-state index contributed by atoms with van der Waals surface area (Å²) in [5.41, 5.74) is 0.669. The van der Waals surface area contributed by atoms with Crippen LogP contribution in [0.3, 0.4) is 0 Å². The fraction of sp³-hybridized carbons (Fsp3) is 0.412. The molecule has 1 aliphatic heterocycles. The molecular weight excluding hydrogens is 318 g/mol. The van der Waals surface area contributed by atoms with Crippen LogP contribution in [0, 0.1) is 0 Å². The number of piperidine rings is 1. The van der Waals surface area contributed by atoms with Gasteiger partial charge in [-0.25, -0.2) is 19.7 Å². The van der Waals surface area contributed by atoms with Gasteiger partial charge < -0.3 is 20.4 Å². The highest BCUT2D eigenvalue weighted by Gasteiger charge is 2.22. The number of anilines is 3. The molecule has 0 radical (unpaired) electrons. The lowest BCUT2D eigenvalue weighted by atomic mass is 10.1. The van der Waals surface area contributed by atoms with Gasteiger partial charge in [0, 0.05) is 45.6 Å². The highest BCUT2D eigenvalue weighted by Crippen LogP contribution is 2.16. The van der Waals surface area contributed by atoms with Crippen LogP contribution in [-0.4, -0.2) is 54.2 Å². The van der Waals surface area contributed by atoms with Crippen molar-refractivity contribution in [3.63, 3.8) is 0 Å². The molecule has 1 atom stereocenters. The molecule has 3 heterocycles. The Balaban J connectivity index is 1.53. The van der Waals surface area contributed by atoms with Gasteiger partial charge in [0.25, 0.3) is 0 Å². The first-order valence-electron chi connectivity index (χ1n) is 8.34. The Morgan fingerprint density at radius 1 is 1.24 bits per heavy atom. The number of pyridine rings is 1. The molecule has 1 saturated heterocycles. The van der Waals surface area contributed by atoms with E-state index in [0.29, 0.717) is 18.2 Å². The van der Waals surface area contributed by atoms with E-state index in [1.165, 1.54) is 0 Å². The summed E-state index contributed by atoms with van der Waals surface area (Å²) >= 11 is 0. The van der Waals surface area contributed by atoms with Crippen molar-refractivity contribution in [1.82, 2.24) is 20.3 Å². The van der Waals surface area contributed by atoms with E-state index in [2.05, 4.69) is 30.5 Å². The maximum atomic E-state index is 12.2. The number of rotatable bonds is 4. The average molecular weight is 341 g/mol. The van der Waals surface area contributed by atoms with Gasteiger partial charge in [-0.2, -0.15) is 0 Å². The second-order valence-electron chi connectivity index (χ2n) is 6.23. The molecule has 0 spiro atoms. The molecule has 0 aliphatic carbocycles. The first-order chi connectivity index (χ1) is 12.1. The van der Waals surface area contributed by atoms with Crippen LogP contribution in [0.15, 0.2) is 36.8 Å². The monoisotopic (exact) mass is 341 g/mol. The fourth-order valence-corrected chi connectivity index (χ4v) is 2.81. The maximum absolute atomic E-state index is 12.2. The van der Waals surface area contributed by atoms with Gasteiger partial charge in [0.2, 0.25) is 5.95 Å². The predicted octanol–water partition coefficient (Wildman–Crippen LogP) is 1.73. The number of hydrogen-bond acceptors (Lipinski definition) is 6. The van der Waals surface area contributed by atoms with Gasteiger partial charge in [0.1, 0.15) is 5.82 Å². The van der Waals surface area contributed by atoms with Crippen molar-refractivity contribution in [1.29, 1.82) is 0 Å². The van der Waals surface area contributed by atoms with Crippen LogP contribution in [0.25, 0.3) is 0 Å². The number of nitrogens with one attached hydrogen (secondary N) is 2. The van der Waals surface area contributed by atoms with E-state index in [4.69, 9.17) is 0 Å². The molecule has 1 aliphatic rings. The summed E-state index contributed by atoms with van der Waals surface area (Å²) in [6.45, 7) is 1.61. The topological polar surface area (TPSA) is 86.3 Å². The number of aromatic nitrogens is 3. The van der Waals surface area contributed by atoms with Crippen LogP contribution < -0.4 is 20.4 Å². The van der Waals surface area contributed by atoms with E-state index in [0.717, 1.165) is 25.2 Å². The second kappa shape index (κ2) is 7.78. The highest BCUT2D eigenvalue weighted by molar-refractivity contribution is 5.89. The summed E-state index contributed by atoms with van der Waals surface area (Å²) in [6, 6.07) is 5.34. The first-order valence-corrected chi connectivity index (χ1v) is 8.34. The second-order valence-corrected chi connectivity index (χ2v) is 6.23. The van der Waals surface area contributed by atoms with Gasteiger partial charge in [-0.05, 0) is 31.0 Å². The van der Waals surface area contributed by atoms with Crippen LogP contribution in [0.1, 0.15) is 12.8 Å². The molecule has 25 heavy (non-hydrogen) atoms. The lowest BCUT2D eigenvalue weighted by molar-refractivity contribution is 0.246. The Bertz CT molecular complexity index is 690. The van der Waals surface area contributed by atoms with Crippen molar-refractivity contribution >= 4 is 23.5 Å². The quantitative estimate of drug-likeness (QED) is 0.881. The summed E-state index contributed by atoms with van der Waals surface area (Å²) in [6.07, 6.45) is 7.05. The standard InChI is InChI=1S/C17H23N7O/c1-23(2)15-7-6-13(11-20-15)21-17(25)22-14-5-3-10-24(12-14)16-18-8-4-9-19-16/h4,6-9,11,14H,3,5,10,12H2,1-2H3,(H2,21,22,25). The Hall–Kier alpha value is -2.90. The number of carbonyl (C=O) groups excluding carboxylic acids is 1. The molecule has 2 amide bonds. The van der Waals surface area contributed by atoms with Crippen molar-refractivity contribution < 1.29 is 4.79 Å². The van der Waals surface area contributed by atoms with Gasteiger partial charge in [0.15, 0.2) is 0 Å². The van der Waals surface area contributed by atoms with Gasteiger partial charge >= 0.3 is 6.03 Å². The lowest BCUT2D eigenvalue weighted by Gasteiger charge is -2.33. The van der Waals surface area contributed by atoms with E-state index in [-0.39, 0.29) is 12.1 Å². The van der Waals surface area contributed by atoms with Gasteiger partial charge in [-0.3, -0.25) is 0 Å².